The van der Waals surface area contributed by atoms with Crippen LogP contribution in [0, 0.1) is 45.3 Å². The van der Waals surface area contributed by atoms with Gasteiger partial charge in [0.15, 0.2) is 5.41 Å². The molecule has 3 N–H and O–H groups in total. The molecule has 0 aromatic heterocycles. The molecule has 1 heterocycles. The fourth-order valence-corrected chi connectivity index (χ4v) is 4.59. The molecule has 2 unspecified atom stereocenters. The van der Waals surface area contributed by atoms with Crippen LogP contribution in [0.1, 0.15) is 57.6 Å². The Bertz CT molecular complexity index is 985. The summed E-state index contributed by atoms with van der Waals surface area (Å²) in [4.78, 5) is 2.31. The molecular weight excluding hydrogens is 398 g/mol. The van der Waals surface area contributed by atoms with Gasteiger partial charge in [0.2, 0.25) is 0 Å². The molecule has 1 aromatic carbocycles. The molecule has 6 heteroatoms. The van der Waals surface area contributed by atoms with E-state index in [0.29, 0.717) is 24.1 Å². The highest BCUT2D eigenvalue weighted by Gasteiger charge is 2.54. The van der Waals surface area contributed by atoms with Gasteiger partial charge in [-0.15, -0.1) is 0 Å². The molecule has 168 valence electrons. The number of aliphatic hydroxyl groups excluding tert-OH is 1. The maximum atomic E-state index is 10.1. The van der Waals surface area contributed by atoms with Crippen molar-refractivity contribution in [3.63, 3.8) is 0 Å². The average molecular weight is 432 g/mol. The summed E-state index contributed by atoms with van der Waals surface area (Å²) < 4.78 is 0. The first-order valence-corrected chi connectivity index (χ1v) is 11.1. The first kappa shape index (κ1) is 25.2. The summed E-state index contributed by atoms with van der Waals surface area (Å²) in [6.07, 6.45) is 2.05. The van der Waals surface area contributed by atoms with E-state index >= 15 is 0 Å². The van der Waals surface area contributed by atoms with Crippen molar-refractivity contribution in [2.45, 2.75) is 52.5 Å². The monoisotopic (exact) mass is 431 g/mol. The molecule has 0 fully saturated rings. The van der Waals surface area contributed by atoms with E-state index in [4.69, 9.17) is 10.8 Å². The highest BCUT2D eigenvalue weighted by Crippen LogP contribution is 2.54. The van der Waals surface area contributed by atoms with Crippen LogP contribution in [0.3, 0.4) is 0 Å². The Morgan fingerprint density at radius 3 is 2.12 bits per heavy atom. The molecule has 0 amide bonds. The molecule has 0 saturated carbocycles. The summed E-state index contributed by atoms with van der Waals surface area (Å²) in [6, 6.07) is 15.1. The quantitative estimate of drug-likeness (QED) is 0.747. The van der Waals surface area contributed by atoms with Gasteiger partial charge in [-0.25, -0.2) is 0 Å². The Balaban J connectivity index is 0.00000114. The van der Waals surface area contributed by atoms with Gasteiger partial charge in [0.05, 0.1) is 23.4 Å². The number of fused-ring (bicyclic) bond motifs is 1. The fourth-order valence-electron chi connectivity index (χ4n) is 4.59. The maximum Gasteiger partial charge on any atom is 0.191 e. The van der Waals surface area contributed by atoms with E-state index in [2.05, 4.69) is 62.9 Å². The van der Waals surface area contributed by atoms with Gasteiger partial charge in [-0.2, -0.15) is 15.8 Å². The van der Waals surface area contributed by atoms with Crippen LogP contribution in [0.2, 0.25) is 0 Å². The molecule has 0 saturated heterocycles. The van der Waals surface area contributed by atoms with Crippen molar-refractivity contribution >= 4 is 0 Å². The molecule has 1 aliphatic heterocycles. The Kier molecular flexibility index (Phi) is 8.23. The third kappa shape index (κ3) is 4.42. The first-order valence-electron chi connectivity index (χ1n) is 11.1. The van der Waals surface area contributed by atoms with Crippen molar-refractivity contribution in [3.8, 4) is 18.2 Å². The standard InChI is InChI=1S/C24H27N5.C2H6O/c1-15(2)17-5-7-18(8-6-17)22-21-12-29(16(3)4)10-9-19(21)20(11-25)23(28)24(22,13-26)14-27;1-2-3/h5-9,15-16,21-22H,10,12,28H2,1-4H3;3H,2H2,1H3. The van der Waals surface area contributed by atoms with E-state index in [9.17, 15) is 15.8 Å². The van der Waals surface area contributed by atoms with Gasteiger partial charge in [-0.05, 0) is 43.4 Å². The number of rotatable bonds is 3. The third-order valence-corrected chi connectivity index (χ3v) is 6.39. The maximum absolute atomic E-state index is 10.1. The number of nitrogens with zero attached hydrogens (tertiary/aromatic N) is 4. The van der Waals surface area contributed by atoms with Crippen LogP contribution in [0.25, 0.3) is 0 Å². The van der Waals surface area contributed by atoms with Gasteiger partial charge in [-0.3, -0.25) is 4.90 Å². The van der Waals surface area contributed by atoms with Gasteiger partial charge in [-0.1, -0.05) is 44.2 Å². The molecule has 32 heavy (non-hydrogen) atoms. The summed E-state index contributed by atoms with van der Waals surface area (Å²) in [6.45, 7) is 11.9. The molecule has 2 atom stereocenters. The van der Waals surface area contributed by atoms with Crippen LogP contribution in [-0.2, 0) is 0 Å². The fraction of sp³-hybridized carbons (Fsp3) is 0.500. The van der Waals surface area contributed by atoms with E-state index < -0.39 is 11.3 Å². The normalized spacial score (nSPS) is 22.1. The predicted octanol–water partition coefficient (Wildman–Crippen LogP) is 3.94. The SMILES string of the molecule is CC(C)c1ccc(C2C3CN(C(C)C)CC=C3C(C#N)=C(N)C2(C#N)C#N)cc1.CCO. The van der Waals surface area contributed by atoms with Gasteiger partial charge in [0.1, 0.15) is 6.07 Å². The lowest BCUT2D eigenvalue weighted by Crippen LogP contribution is -2.49. The van der Waals surface area contributed by atoms with Gasteiger partial charge >= 0.3 is 0 Å². The van der Waals surface area contributed by atoms with Crippen molar-refractivity contribution in [2.24, 2.45) is 17.1 Å². The molecule has 0 radical (unpaired) electrons. The lowest BCUT2D eigenvalue weighted by atomic mass is 9.58. The van der Waals surface area contributed by atoms with Gasteiger partial charge < -0.3 is 10.8 Å². The Hall–Kier alpha value is -3.11. The third-order valence-electron chi connectivity index (χ3n) is 6.39. The largest absolute Gasteiger partial charge is 0.399 e. The highest BCUT2D eigenvalue weighted by molar-refractivity contribution is 5.59. The molecule has 1 aromatic rings. The molecule has 0 bridgehead atoms. The number of hydrogen-bond acceptors (Lipinski definition) is 6. The van der Waals surface area contributed by atoms with Gasteiger partial charge in [0, 0.05) is 37.6 Å². The van der Waals surface area contributed by atoms with Crippen molar-refractivity contribution in [2.75, 3.05) is 19.7 Å². The average Bonchev–Trinajstić information content (AvgIpc) is 2.78. The lowest BCUT2D eigenvalue weighted by molar-refractivity contribution is 0.174. The van der Waals surface area contributed by atoms with E-state index in [0.717, 1.165) is 17.7 Å². The summed E-state index contributed by atoms with van der Waals surface area (Å²) in [5.41, 5.74) is 8.17. The number of aliphatic hydroxyl groups is 1. The zero-order valence-corrected chi connectivity index (χ0v) is 19.6. The van der Waals surface area contributed by atoms with Crippen molar-refractivity contribution < 1.29 is 5.11 Å². The Morgan fingerprint density at radius 2 is 1.69 bits per heavy atom. The second-order valence-electron chi connectivity index (χ2n) is 8.86. The highest BCUT2D eigenvalue weighted by atomic mass is 16.2. The smallest absolute Gasteiger partial charge is 0.191 e. The van der Waals surface area contributed by atoms with E-state index in [1.54, 1.807) is 6.92 Å². The van der Waals surface area contributed by atoms with Crippen LogP contribution in [-0.4, -0.2) is 35.7 Å². The molecule has 1 aliphatic carbocycles. The second kappa shape index (κ2) is 10.5. The lowest BCUT2D eigenvalue weighted by Gasteiger charge is -2.46. The Morgan fingerprint density at radius 1 is 1.12 bits per heavy atom. The number of allylic oxidation sites excluding steroid dienone is 2. The van der Waals surface area contributed by atoms with Gasteiger partial charge in [0.25, 0.3) is 0 Å². The first-order chi connectivity index (χ1) is 15.2. The minimum absolute atomic E-state index is 0.0865. The summed E-state index contributed by atoms with van der Waals surface area (Å²) in [5, 5.41) is 37.6. The van der Waals surface area contributed by atoms with Crippen molar-refractivity contribution in [1.82, 2.24) is 4.90 Å². The summed E-state index contributed by atoms with van der Waals surface area (Å²) >= 11 is 0. The minimum Gasteiger partial charge on any atom is -0.399 e. The number of nitriles is 3. The van der Waals surface area contributed by atoms with Crippen LogP contribution < -0.4 is 5.73 Å². The molecule has 3 rings (SSSR count). The van der Waals surface area contributed by atoms with Crippen LogP contribution >= 0.6 is 0 Å². The molecule has 0 spiro atoms. The zero-order chi connectivity index (χ0) is 24.1. The van der Waals surface area contributed by atoms with Crippen molar-refractivity contribution in [3.05, 3.63) is 58.3 Å². The number of benzene rings is 1. The molecule has 6 nitrogen and oxygen atoms in total. The van der Waals surface area contributed by atoms with E-state index in [1.807, 2.05) is 18.2 Å². The second-order valence-corrected chi connectivity index (χ2v) is 8.86. The minimum atomic E-state index is -1.56. The molecular formula is C26H33N5O. The zero-order valence-electron chi connectivity index (χ0n) is 19.6. The summed E-state index contributed by atoms with van der Waals surface area (Å²) in [7, 11) is 0. The molecule has 2 aliphatic rings. The Labute approximate surface area is 191 Å². The van der Waals surface area contributed by atoms with Crippen LogP contribution in [0.4, 0.5) is 0 Å². The summed E-state index contributed by atoms with van der Waals surface area (Å²) in [5.74, 6) is -0.176. The number of hydrogen-bond donors (Lipinski definition) is 2. The van der Waals surface area contributed by atoms with Crippen LogP contribution in [0.15, 0.2) is 47.2 Å². The van der Waals surface area contributed by atoms with Crippen molar-refractivity contribution in [1.29, 1.82) is 15.8 Å². The topological polar surface area (TPSA) is 121 Å². The number of nitrogens with two attached hydrogens (primary N) is 1. The van der Waals surface area contributed by atoms with E-state index in [-0.39, 0.29) is 18.2 Å². The van der Waals surface area contributed by atoms with Crippen LogP contribution in [0.5, 0.6) is 0 Å². The predicted molar refractivity (Wildman–Crippen MR) is 125 cm³/mol. The van der Waals surface area contributed by atoms with E-state index in [1.165, 1.54) is 5.56 Å².